The number of aryl methyl sites for hydroxylation is 1. The highest BCUT2D eigenvalue weighted by atomic mass is 19.1. The number of nitrogens with zero attached hydrogens (tertiary/aromatic N) is 1. The van der Waals surface area contributed by atoms with Gasteiger partial charge in [-0.3, -0.25) is 4.79 Å². The smallest absolute Gasteiger partial charge is 0.340 e. The van der Waals surface area contributed by atoms with E-state index in [2.05, 4.69) is 19.2 Å². The first kappa shape index (κ1) is 22.3. The van der Waals surface area contributed by atoms with Gasteiger partial charge in [0.2, 0.25) is 0 Å². The molecule has 156 valence electrons. The van der Waals surface area contributed by atoms with Crippen LogP contribution in [0.3, 0.4) is 0 Å². The predicted molar refractivity (Wildman–Crippen MR) is 109 cm³/mol. The fourth-order valence-corrected chi connectivity index (χ4v) is 4.40. The summed E-state index contributed by atoms with van der Waals surface area (Å²) in [6, 6.07) is 2.30. The topological polar surface area (TPSA) is 55.4 Å². The number of ether oxygens (including phenoxy) is 1. The zero-order chi connectivity index (χ0) is 20.7. The number of rotatable bonds is 8. The highest BCUT2D eigenvalue weighted by molar-refractivity contribution is 6.03. The van der Waals surface area contributed by atoms with Crippen molar-refractivity contribution in [2.45, 2.75) is 65.8 Å². The average Bonchev–Trinajstić information content (AvgIpc) is 2.68. The first-order valence-electron chi connectivity index (χ1n) is 10.5. The second-order valence-electron chi connectivity index (χ2n) is 7.70. The Labute approximate surface area is 167 Å². The van der Waals surface area contributed by atoms with Crippen LogP contribution in [0.2, 0.25) is 0 Å². The molecule has 0 spiro atoms. The molecule has 1 aliphatic rings. The molecule has 1 fully saturated rings. The zero-order valence-electron chi connectivity index (χ0n) is 17.6. The van der Waals surface area contributed by atoms with E-state index in [-0.39, 0.29) is 24.1 Å². The summed E-state index contributed by atoms with van der Waals surface area (Å²) < 4.78 is 19.8. The number of hydrogen-bond acceptors (Lipinski definition) is 3. The van der Waals surface area contributed by atoms with Gasteiger partial charge >= 0.3 is 5.97 Å². The number of likely N-dealkylation sites (tertiary alicyclic amines) is 1. The van der Waals surface area contributed by atoms with Gasteiger partial charge in [0, 0.05) is 6.42 Å². The number of nitrogens with one attached hydrogen (secondary N) is 1. The molecule has 0 aromatic heterocycles. The number of piperidine rings is 1. The Morgan fingerprint density at radius 3 is 2.43 bits per heavy atom. The van der Waals surface area contributed by atoms with E-state index in [1.165, 1.54) is 12.5 Å². The van der Waals surface area contributed by atoms with Gasteiger partial charge in [-0.15, -0.1) is 0 Å². The summed E-state index contributed by atoms with van der Waals surface area (Å²) in [7, 11) is 0. The number of hydrogen-bond donors (Lipinski definition) is 1. The Morgan fingerprint density at radius 2 is 1.86 bits per heavy atom. The molecule has 5 nitrogen and oxygen atoms in total. The van der Waals surface area contributed by atoms with Crippen LogP contribution in [-0.4, -0.2) is 48.6 Å². The van der Waals surface area contributed by atoms with Crippen LogP contribution in [0.15, 0.2) is 12.1 Å². The molecular formula is C22H34FN2O3+. The van der Waals surface area contributed by atoms with E-state index in [0.717, 1.165) is 55.9 Å². The average molecular weight is 394 g/mol. The molecule has 2 rings (SSSR count). The lowest BCUT2D eigenvalue weighted by molar-refractivity contribution is -0.945. The van der Waals surface area contributed by atoms with Crippen LogP contribution in [0, 0.1) is 12.7 Å². The van der Waals surface area contributed by atoms with Crippen LogP contribution < -0.4 is 5.32 Å². The second kappa shape index (κ2) is 10.0. The number of carbonyl (C=O) groups excluding carboxylic acids is 2. The molecular weight excluding hydrogens is 359 g/mol. The number of esters is 1. The van der Waals surface area contributed by atoms with Crippen LogP contribution in [0.1, 0.15) is 68.8 Å². The lowest BCUT2D eigenvalue weighted by Crippen LogP contribution is -2.62. The van der Waals surface area contributed by atoms with Crippen LogP contribution in [-0.2, 0) is 9.53 Å². The molecule has 6 heteroatoms. The Balaban J connectivity index is 2.36. The van der Waals surface area contributed by atoms with Crippen molar-refractivity contribution in [3.05, 3.63) is 29.1 Å². The van der Waals surface area contributed by atoms with Crippen molar-refractivity contribution in [1.82, 2.24) is 0 Å². The van der Waals surface area contributed by atoms with Crippen LogP contribution in [0.5, 0.6) is 0 Å². The number of likely N-dealkylation sites (N-methyl/N-ethyl adjacent to an activating group) is 1. The van der Waals surface area contributed by atoms with Gasteiger partial charge in [0.15, 0.2) is 6.04 Å². The maximum absolute atomic E-state index is 13.9. The van der Waals surface area contributed by atoms with Gasteiger partial charge in [-0.25, -0.2) is 9.18 Å². The lowest BCUT2D eigenvalue weighted by atomic mass is 9.98. The Hall–Kier alpha value is -1.95. The minimum Gasteiger partial charge on any atom is -0.462 e. The van der Waals surface area contributed by atoms with Crippen LogP contribution in [0.25, 0.3) is 0 Å². The van der Waals surface area contributed by atoms with Crippen molar-refractivity contribution in [2.75, 3.05) is 31.6 Å². The van der Waals surface area contributed by atoms with E-state index in [1.807, 2.05) is 0 Å². The first-order valence-corrected chi connectivity index (χ1v) is 10.5. The van der Waals surface area contributed by atoms with Crippen molar-refractivity contribution in [3.63, 3.8) is 0 Å². The molecule has 1 aromatic carbocycles. The molecule has 1 aliphatic heterocycles. The molecule has 1 heterocycles. The molecule has 1 saturated heterocycles. The number of carbonyl (C=O) groups is 2. The SMILES string of the molecule is CCCC(C(=O)Nc1c(C)cc(F)cc1C(=O)OCC)[N+]1(CC)CCCCC1. The van der Waals surface area contributed by atoms with E-state index >= 15 is 0 Å². The van der Waals surface area contributed by atoms with Crippen molar-refractivity contribution in [3.8, 4) is 0 Å². The van der Waals surface area contributed by atoms with Gasteiger partial charge < -0.3 is 14.5 Å². The second-order valence-corrected chi connectivity index (χ2v) is 7.70. The highest BCUT2D eigenvalue weighted by Crippen LogP contribution is 2.29. The summed E-state index contributed by atoms with van der Waals surface area (Å²) >= 11 is 0. The number of anilines is 1. The molecule has 1 unspecified atom stereocenters. The van der Waals surface area contributed by atoms with Crippen molar-refractivity contribution in [1.29, 1.82) is 0 Å². The van der Waals surface area contributed by atoms with Crippen molar-refractivity contribution >= 4 is 17.6 Å². The van der Waals surface area contributed by atoms with Crippen LogP contribution >= 0.6 is 0 Å². The molecule has 1 aromatic rings. The summed E-state index contributed by atoms with van der Waals surface area (Å²) in [5.74, 6) is -1.23. The van der Waals surface area contributed by atoms with E-state index < -0.39 is 11.8 Å². The summed E-state index contributed by atoms with van der Waals surface area (Å²) in [5, 5.41) is 2.96. The Kier molecular flexibility index (Phi) is 7.98. The normalized spacial score (nSPS) is 17.0. The molecule has 1 atom stereocenters. The van der Waals surface area contributed by atoms with Gasteiger partial charge in [-0.05, 0) is 64.2 Å². The third-order valence-electron chi connectivity index (χ3n) is 5.91. The Morgan fingerprint density at radius 1 is 1.18 bits per heavy atom. The molecule has 28 heavy (non-hydrogen) atoms. The summed E-state index contributed by atoms with van der Waals surface area (Å²) in [4.78, 5) is 25.7. The fourth-order valence-electron chi connectivity index (χ4n) is 4.40. The number of amides is 1. The zero-order valence-corrected chi connectivity index (χ0v) is 17.6. The quantitative estimate of drug-likeness (QED) is 0.525. The summed E-state index contributed by atoms with van der Waals surface area (Å²) in [6.45, 7) is 10.7. The van der Waals surface area contributed by atoms with E-state index in [0.29, 0.717) is 11.3 Å². The minimum atomic E-state index is -0.621. The maximum Gasteiger partial charge on any atom is 0.340 e. The molecule has 0 radical (unpaired) electrons. The molecule has 0 aliphatic carbocycles. The van der Waals surface area contributed by atoms with Crippen molar-refractivity contribution < 1.29 is 23.2 Å². The van der Waals surface area contributed by atoms with Gasteiger partial charge in [0.1, 0.15) is 5.82 Å². The van der Waals surface area contributed by atoms with Crippen molar-refractivity contribution in [2.24, 2.45) is 0 Å². The number of quaternary nitrogens is 1. The van der Waals surface area contributed by atoms with Crippen LogP contribution in [0.4, 0.5) is 10.1 Å². The van der Waals surface area contributed by atoms with E-state index in [1.54, 1.807) is 13.8 Å². The summed E-state index contributed by atoms with van der Waals surface area (Å²) in [6.07, 6.45) is 5.17. The molecule has 1 N–H and O–H groups in total. The Bertz CT molecular complexity index is 699. The largest absolute Gasteiger partial charge is 0.462 e. The maximum atomic E-state index is 13.9. The van der Waals surface area contributed by atoms with Gasteiger partial charge in [-0.1, -0.05) is 6.92 Å². The van der Waals surface area contributed by atoms with Gasteiger partial charge in [-0.2, -0.15) is 0 Å². The van der Waals surface area contributed by atoms with Gasteiger partial charge in [0.25, 0.3) is 5.91 Å². The highest BCUT2D eigenvalue weighted by Gasteiger charge is 2.41. The first-order chi connectivity index (χ1) is 13.4. The molecule has 0 saturated carbocycles. The minimum absolute atomic E-state index is 0.0737. The number of benzene rings is 1. The van der Waals surface area contributed by atoms with E-state index in [9.17, 15) is 14.0 Å². The lowest BCUT2D eigenvalue weighted by Gasteiger charge is -2.46. The molecule has 0 bridgehead atoms. The third kappa shape index (κ3) is 4.90. The standard InChI is InChI=1S/C22H33FN2O3/c1-5-11-19(25(6-2)12-9-8-10-13-25)21(26)24-20-16(4)14-17(23)15-18(20)22(27)28-7-3/h14-15,19H,5-13H2,1-4H3/p+1. The third-order valence-corrected chi connectivity index (χ3v) is 5.91. The fraction of sp³-hybridized carbons (Fsp3) is 0.636. The van der Waals surface area contributed by atoms with E-state index in [4.69, 9.17) is 4.74 Å². The number of halogens is 1. The predicted octanol–water partition coefficient (Wildman–Crippen LogP) is 4.44. The monoisotopic (exact) mass is 393 g/mol. The van der Waals surface area contributed by atoms with Gasteiger partial charge in [0.05, 0.1) is 37.5 Å². The summed E-state index contributed by atoms with van der Waals surface area (Å²) in [5.41, 5.74) is 0.954. The molecule has 1 amide bonds.